The zero-order chi connectivity index (χ0) is 16.3. The highest BCUT2D eigenvalue weighted by molar-refractivity contribution is 7.86. The molecular weight excluding hydrogens is 314 g/mol. The Bertz CT molecular complexity index is 610. The molecule has 2 fully saturated rings. The number of piperidine rings is 1. The monoisotopic (exact) mass is 339 g/mol. The Morgan fingerprint density at radius 2 is 1.78 bits per heavy atom. The van der Waals surface area contributed by atoms with E-state index in [1.54, 1.807) is 27.1 Å². The maximum absolute atomic E-state index is 12.9. The van der Waals surface area contributed by atoms with Crippen LogP contribution in [-0.4, -0.2) is 65.8 Å². The summed E-state index contributed by atoms with van der Waals surface area (Å²) in [6.07, 6.45) is 7.26. The van der Waals surface area contributed by atoms with Gasteiger partial charge >= 0.3 is 0 Å². The Hall–Kier alpha value is -1.25. The van der Waals surface area contributed by atoms with Gasteiger partial charge in [0.05, 0.1) is 0 Å². The minimum atomic E-state index is -3.36. The number of anilines is 1. The minimum Gasteiger partial charge on any atom is -0.339 e. The predicted octanol–water partition coefficient (Wildman–Crippen LogP) is 1.11. The molecule has 2 aliphatic heterocycles. The Kier molecular flexibility index (Phi) is 5.13. The van der Waals surface area contributed by atoms with E-state index in [9.17, 15) is 8.42 Å². The van der Waals surface area contributed by atoms with Crippen LogP contribution in [0.4, 0.5) is 5.95 Å². The summed E-state index contributed by atoms with van der Waals surface area (Å²) in [6, 6.07) is 1.89. The minimum absolute atomic E-state index is 0.102. The van der Waals surface area contributed by atoms with Crippen molar-refractivity contribution >= 4 is 16.2 Å². The van der Waals surface area contributed by atoms with Crippen LogP contribution in [0, 0.1) is 0 Å². The van der Waals surface area contributed by atoms with Crippen LogP contribution in [0.3, 0.4) is 0 Å². The molecule has 0 radical (unpaired) electrons. The van der Waals surface area contributed by atoms with Crippen molar-refractivity contribution in [3.05, 3.63) is 18.5 Å². The summed E-state index contributed by atoms with van der Waals surface area (Å²) in [5.74, 6) is 0.679. The highest BCUT2D eigenvalue weighted by atomic mass is 32.2. The van der Waals surface area contributed by atoms with Gasteiger partial charge in [-0.05, 0) is 32.3 Å². The molecule has 128 valence electrons. The maximum Gasteiger partial charge on any atom is 0.282 e. The molecule has 1 aromatic heterocycles. The fourth-order valence-corrected chi connectivity index (χ4v) is 5.23. The molecule has 0 spiro atoms. The average molecular weight is 339 g/mol. The van der Waals surface area contributed by atoms with Gasteiger partial charge in [-0.15, -0.1) is 0 Å². The first-order valence-electron chi connectivity index (χ1n) is 8.38. The van der Waals surface area contributed by atoms with Crippen LogP contribution in [0.15, 0.2) is 18.5 Å². The van der Waals surface area contributed by atoms with Crippen LogP contribution in [0.1, 0.15) is 32.6 Å². The smallest absolute Gasteiger partial charge is 0.282 e. The lowest BCUT2D eigenvalue weighted by Gasteiger charge is -2.36. The molecule has 1 aromatic rings. The Morgan fingerprint density at radius 1 is 1.00 bits per heavy atom. The van der Waals surface area contributed by atoms with Gasteiger partial charge in [-0.25, -0.2) is 9.97 Å². The number of rotatable bonds is 3. The quantitative estimate of drug-likeness (QED) is 0.825. The van der Waals surface area contributed by atoms with Gasteiger partial charge in [0.2, 0.25) is 5.95 Å². The molecule has 0 unspecified atom stereocenters. The summed E-state index contributed by atoms with van der Waals surface area (Å²) < 4.78 is 29.2. The van der Waals surface area contributed by atoms with Crippen molar-refractivity contribution in [3.63, 3.8) is 0 Å². The van der Waals surface area contributed by atoms with Crippen molar-refractivity contribution in [1.82, 2.24) is 18.6 Å². The van der Waals surface area contributed by atoms with Crippen LogP contribution < -0.4 is 4.90 Å². The molecule has 0 N–H and O–H groups in total. The van der Waals surface area contributed by atoms with Crippen molar-refractivity contribution in [2.75, 3.05) is 37.6 Å². The van der Waals surface area contributed by atoms with Crippen LogP contribution in [-0.2, 0) is 10.2 Å². The van der Waals surface area contributed by atoms with Crippen LogP contribution in [0.5, 0.6) is 0 Å². The second-order valence-electron chi connectivity index (χ2n) is 6.25. The lowest BCUT2D eigenvalue weighted by molar-refractivity contribution is 0.246. The van der Waals surface area contributed by atoms with E-state index in [2.05, 4.69) is 14.9 Å². The molecule has 0 saturated carbocycles. The van der Waals surface area contributed by atoms with Crippen molar-refractivity contribution < 1.29 is 8.42 Å². The summed E-state index contributed by atoms with van der Waals surface area (Å²) in [6.45, 7) is 5.12. The second kappa shape index (κ2) is 7.11. The SMILES string of the molecule is C[C@H]1CCCCN1S(=O)(=O)N1CCCN(c2ncccn2)CC1. The normalized spacial score (nSPS) is 25.3. The third kappa shape index (κ3) is 3.64. The van der Waals surface area contributed by atoms with Crippen molar-refractivity contribution in [3.8, 4) is 0 Å². The summed E-state index contributed by atoms with van der Waals surface area (Å²) in [4.78, 5) is 10.6. The van der Waals surface area contributed by atoms with Gasteiger partial charge in [0.15, 0.2) is 0 Å². The van der Waals surface area contributed by atoms with Gasteiger partial charge in [0, 0.05) is 51.2 Å². The standard InChI is InChI=1S/C15H25N5O2S/c1-14-6-2-3-11-20(14)23(21,22)19-10-5-9-18(12-13-19)15-16-7-4-8-17-15/h4,7-8,14H,2-3,5-6,9-13H2,1H3/t14-/m0/s1. The van der Waals surface area contributed by atoms with Gasteiger partial charge < -0.3 is 4.90 Å². The first-order chi connectivity index (χ1) is 11.1. The summed E-state index contributed by atoms with van der Waals surface area (Å²) in [5, 5.41) is 0. The first-order valence-corrected chi connectivity index (χ1v) is 9.77. The number of hydrogen-bond donors (Lipinski definition) is 0. The van der Waals surface area contributed by atoms with E-state index in [1.807, 2.05) is 6.92 Å². The molecule has 0 bridgehead atoms. The van der Waals surface area contributed by atoms with Crippen LogP contribution >= 0.6 is 0 Å². The lowest BCUT2D eigenvalue weighted by Crippen LogP contribution is -2.50. The molecule has 3 rings (SSSR count). The molecule has 23 heavy (non-hydrogen) atoms. The zero-order valence-electron chi connectivity index (χ0n) is 13.6. The predicted molar refractivity (Wildman–Crippen MR) is 89.4 cm³/mol. The Labute approximate surface area is 138 Å². The van der Waals surface area contributed by atoms with E-state index >= 15 is 0 Å². The average Bonchev–Trinajstić information content (AvgIpc) is 2.82. The van der Waals surface area contributed by atoms with Crippen molar-refractivity contribution in [1.29, 1.82) is 0 Å². The number of hydrogen-bond acceptors (Lipinski definition) is 5. The molecular formula is C15H25N5O2S. The molecule has 7 nitrogen and oxygen atoms in total. The number of aromatic nitrogens is 2. The van der Waals surface area contributed by atoms with Gasteiger partial charge in [0.1, 0.15) is 0 Å². The molecule has 3 heterocycles. The van der Waals surface area contributed by atoms with E-state index in [0.29, 0.717) is 32.1 Å². The molecule has 0 aliphatic carbocycles. The summed E-state index contributed by atoms with van der Waals surface area (Å²) in [7, 11) is -3.36. The van der Waals surface area contributed by atoms with E-state index in [0.717, 1.165) is 32.2 Å². The molecule has 0 amide bonds. The van der Waals surface area contributed by atoms with E-state index < -0.39 is 10.2 Å². The largest absolute Gasteiger partial charge is 0.339 e. The maximum atomic E-state index is 12.9. The fourth-order valence-electron chi connectivity index (χ4n) is 3.34. The van der Waals surface area contributed by atoms with Crippen LogP contribution in [0.2, 0.25) is 0 Å². The third-order valence-corrected chi connectivity index (χ3v) is 6.81. The van der Waals surface area contributed by atoms with Crippen LogP contribution in [0.25, 0.3) is 0 Å². The fraction of sp³-hybridized carbons (Fsp3) is 0.733. The highest BCUT2D eigenvalue weighted by Gasteiger charge is 2.35. The number of nitrogens with zero attached hydrogens (tertiary/aromatic N) is 5. The third-order valence-electron chi connectivity index (χ3n) is 4.65. The first kappa shape index (κ1) is 16.6. The van der Waals surface area contributed by atoms with Gasteiger partial charge in [0.25, 0.3) is 10.2 Å². The Morgan fingerprint density at radius 3 is 2.52 bits per heavy atom. The van der Waals surface area contributed by atoms with Crippen molar-refractivity contribution in [2.24, 2.45) is 0 Å². The molecule has 0 aromatic carbocycles. The van der Waals surface area contributed by atoms with E-state index in [1.165, 1.54) is 0 Å². The van der Waals surface area contributed by atoms with Gasteiger partial charge in [-0.1, -0.05) is 6.42 Å². The van der Waals surface area contributed by atoms with E-state index in [-0.39, 0.29) is 6.04 Å². The summed E-state index contributed by atoms with van der Waals surface area (Å²) >= 11 is 0. The van der Waals surface area contributed by atoms with E-state index in [4.69, 9.17) is 0 Å². The highest BCUT2D eigenvalue weighted by Crippen LogP contribution is 2.23. The molecule has 1 atom stereocenters. The van der Waals surface area contributed by atoms with Gasteiger partial charge in [-0.2, -0.15) is 17.0 Å². The zero-order valence-corrected chi connectivity index (χ0v) is 14.5. The second-order valence-corrected chi connectivity index (χ2v) is 8.13. The summed E-state index contributed by atoms with van der Waals surface area (Å²) in [5.41, 5.74) is 0. The van der Waals surface area contributed by atoms with Crippen molar-refractivity contribution in [2.45, 2.75) is 38.6 Å². The molecule has 8 heteroatoms. The topological polar surface area (TPSA) is 69.6 Å². The molecule has 2 aliphatic rings. The molecule has 2 saturated heterocycles. The van der Waals surface area contributed by atoms with Gasteiger partial charge in [-0.3, -0.25) is 0 Å². The Balaban J connectivity index is 1.70. The lowest BCUT2D eigenvalue weighted by atomic mass is 10.1.